The van der Waals surface area contributed by atoms with Gasteiger partial charge in [-0.2, -0.15) is 0 Å². The molecule has 3 aromatic rings. The molecular formula is C21H19FN6O. The Kier molecular flexibility index (Phi) is 4.12. The fraction of sp³-hybridized carbons (Fsp3) is 0.238. The molecule has 1 N–H and O–H groups in total. The number of halogens is 1. The quantitative estimate of drug-likeness (QED) is 0.724. The number of carbonyl (C=O) groups is 1. The molecule has 2 amide bonds. The molecule has 8 heteroatoms. The lowest BCUT2D eigenvalue weighted by atomic mass is 10.1. The standard InChI is InChI=1S/C21H19FN6O/c1-13-17(22)9-14(10-24-13)18-4-5-19-20(26-18)28(16-6-8-27(19)12-16)21(29)25-15-3-2-7-23-11-15/h2-5,7,9-11,16H,6,8,12H2,1H3,(H,25,29)/t16-/m0/s1. The molecule has 146 valence electrons. The minimum atomic E-state index is -0.378. The van der Waals surface area contributed by atoms with Crippen LogP contribution in [0.3, 0.4) is 0 Å². The molecule has 2 aliphatic heterocycles. The molecule has 3 aromatic heterocycles. The highest BCUT2D eigenvalue weighted by atomic mass is 19.1. The lowest BCUT2D eigenvalue weighted by molar-refractivity contribution is 0.255. The van der Waals surface area contributed by atoms with Gasteiger partial charge in [0, 0.05) is 31.0 Å². The van der Waals surface area contributed by atoms with Crippen molar-refractivity contribution in [3.63, 3.8) is 0 Å². The maximum absolute atomic E-state index is 14.0. The van der Waals surface area contributed by atoms with E-state index in [1.807, 2.05) is 12.1 Å². The highest BCUT2D eigenvalue weighted by molar-refractivity contribution is 6.04. The van der Waals surface area contributed by atoms with Crippen LogP contribution in [0.1, 0.15) is 12.1 Å². The van der Waals surface area contributed by atoms with Gasteiger partial charge in [0.05, 0.1) is 35.0 Å². The second-order valence-electron chi connectivity index (χ2n) is 7.26. The normalized spacial score (nSPS) is 17.2. The summed E-state index contributed by atoms with van der Waals surface area (Å²) in [4.78, 5) is 29.9. The van der Waals surface area contributed by atoms with Gasteiger partial charge in [0.25, 0.3) is 0 Å². The molecule has 5 rings (SSSR count). The van der Waals surface area contributed by atoms with Crippen molar-refractivity contribution in [2.24, 2.45) is 0 Å². The summed E-state index contributed by atoms with van der Waals surface area (Å²) in [6.07, 6.45) is 5.73. The predicted molar refractivity (Wildman–Crippen MR) is 109 cm³/mol. The first-order valence-electron chi connectivity index (χ1n) is 9.49. The number of hydrogen-bond donors (Lipinski definition) is 1. The van der Waals surface area contributed by atoms with Crippen LogP contribution >= 0.6 is 0 Å². The van der Waals surface area contributed by atoms with E-state index in [-0.39, 0.29) is 17.9 Å². The van der Waals surface area contributed by atoms with Crippen molar-refractivity contribution < 1.29 is 9.18 Å². The van der Waals surface area contributed by atoms with E-state index in [9.17, 15) is 9.18 Å². The second-order valence-corrected chi connectivity index (χ2v) is 7.26. The van der Waals surface area contributed by atoms with Gasteiger partial charge in [-0.15, -0.1) is 0 Å². The number of aromatic nitrogens is 3. The highest BCUT2D eigenvalue weighted by Gasteiger charge is 2.40. The number of fused-ring (bicyclic) bond motifs is 4. The van der Waals surface area contributed by atoms with Crippen LogP contribution in [0, 0.1) is 12.7 Å². The molecule has 2 bridgehead atoms. The van der Waals surface area contributed by atoms with E-state index in [0.717, 1.165) is 25.2 Å². The molecule has 1 saturated heterocycles. The Hall–Kier alpha value is -3.55. The lowest BCUT2D eigenvalue weighted by Crippen LogP contribution is -2.48. The first-order valence-corrected chi connectivity index (χ1v) is 9.49. The third kappa shape index (κ3) is 3.06. The summed E-state index contributed by atoms with van der Waals surface area (Å²) >= 11 is 0. The fourth-order valence-electron chi connectivity index (χ4n) is 3.90. The SMILES string of the molecule is Cc1ncc(-c2ccc3c(n2)N(C(=O)Nc2cccnc2)[C@H]2CCN3C2)cc1F. The number of rotatable bonds is 2. The number of aryl methyl sites for hydroxylation is 1. The van der Waals surface area contributed by atoms with Crippen LogP contribution < -0.4 is 15.1 Å². The van der Waals surface area contributed by atoms with Crippen LogP contribution in [0.4, 0.5) is 26.4 Å². The van der Waals surface area contributed by atoms with E-state index in [4.69, 9.17) is 4.98 Å². The molecule has 1 atom stereocenters. The van der Waals surface area contributed by atoms with Crippen LogP contribution in [-0.4, -0.2) is 40.1 Å². The monoisotopic (exact) mass is 390 g/mol. The second kappa shape index (κ2) is 6.80. The van der Waals surface area contributed by atoms with Gasteiger partial charge in [0.15, 0.2) is 5.82 Å². The molecular weight excluding hydrogens is 371 g/mol. The maximum Gasteiger partial charge on any atom is 0.327 e. The van der Waals surface area contributed by atoms with E-state index >= 15 is 0 Å². The van der Waals surface area contributed by atoms with Gasteiger partial charge >= 0.3 is 6.03 Å². The summed E-state index contributed by atoms with van der Waals surface area (Å²) < 4.78 is 14.0. The summed E-state index contributed by atoms with van der Waals surface area (Å²) in [5.41, 5.74) is 3.03. The van der Waals surface area contributed by atoms with Crippen molar-refractivity contribution in [2.45, 2.75) is 19.4 Å². The zero-order valence-electron chi connectivity index (χ0n) is 15.8. The smallest absolute Gasteiger partial charge is 0.327 e. The molecule has 2 aliphatic rings. The van der Waals surface area contributed by atoms with Crippen molar-refractivity contribution in [3.8, 4) is 11.3 Å². The number of carbonyl (C=O) groups excluding carboxylic acids is 1. The van der Waals surface area contributed by atoms with Crippen LogP contribution in [-0.2, 0) is 0 Å². The molecule has 0 unspecified atom stereocenters. The molecule has 0 saturated carbocycles. The van der Waals surface area contributed by atoms with E-state index in [1.54, 1.807) is 42.5 Å². The summed E-state index contributed by atoms with van der Waals surface area (Å²) in [6, 6.07) is 8.57. The van der Waals surface area contributed by atoms with Crippen molar-refractivity contribution in [2.75, 3.05) is 28.2 Å². The zero-order chi connectivity index (χ0) is 20.0. The average molecular weight is 390 g/mol. The van der Waals surface area contributed by atoms with Gasteiger partial charge in [0.1, 0.15) is 5.82 Å². The predicted octanol–water partition coefficient (Wildman–Crippen LogP) is 3.62. The molecule has 0 radical (unpaired) electrons. The molecule has 0 spiro atoms. The van der Waals surface area contributed by atoms with Crippen molar-refractivity contribution in [1.29, 1.82) is 0 Å². The van der Waals surface area contributed by atoms with Crippen molar-refractivity contribution in [3.05, 3.63) is 60.4 Å². The molecule has 5 heterocycles. The van der Waals surface area contributed by atoms with E-state index in [0.29, 0.717) is 28.5 Å². The minimum Gasteiger partial charge on any atom is -0.366 e. The molecule has 0 aliphatic carbocycles. The van der Waals surface area contributed by atoms with Crippen LogP contribution in [0.15, 0.2) is 48.9 Å². The first-order chi connectivity index (χ1) is 14.1. The Labute approximate surface area is 167 Å². The zero-order valence-corrected chi connectivity index (χ0v) is 15.8. The topological polar surface area (TPSA) is 74.2 Å². The van der Waals surface area contributed by atoms with Crippen molar-refractivity contribution in [1.82, 2.24) is 15.0 Å². The number of pyridine rings is 3. The third-order valence-corrected chi connectivity index (χ3v) is 5.40. The van der Waals surface area contributed by atoms with Crippen LogP contribution in [0.5, 0.6) is 0 Å². The lowest BCUT2D eigenvalue weighted by Gasteiger charge is -2.35. The Bertz CT molecular complexity index is 1090. The van der Waals surface area contributed by atoms with Gasteiger partial charge in [-0.05, 0) is 43.7 Å². The number of hydrogen-bond acceptors (Lipinski definition) is 5. The largest absolute Gasteiger partial charge is 0.366 e. The number of nitrogens with one attached hydrogen (secondary N) is 1. The highest BCUT2D eigenvalue weighted by Crippen LogP contribution is 2.40. The van der Waals surface area contributed by atoms with Gasteiger partial charge in [-0.3, -0.25) is 14.9 Å². The number of amides is 2. The Morgan fingerprint density at radius 2 is 2.17 bits per heavy atom. The molecule has 1 fully saturated rings. The summed E-state index contributed by atoms with van der Waals surface area (Å²) in [5, 5.41) is 2.90. The molecule has 7 nitrogen and oxygen atoms in total. The van der Waals surface area contributed by atoms with E-state index < -0.39 is 0 Å². The minimum absolute atomic E-state index is 0.0369. The number of urea groups is 1. The van der Waals surface area contributed by atoms with Crippen LogP contribution in [0.2, 0.25) is 0 Å². The Morgan fingerprint density at radius 3 is 2.97 bits per heavy atom. The van der Waals surface area contributed by atoms with Gasteiger partial charge in [-0.1, -0.05) is 0 Å². The average Bonchev–Trinajstić information content (AvgIpc) is 3.15. The Morgan fingerprint density at radius 1 is 1.28 bits per heavy atom. The van der Waals surface area contributed by atoms with Crippen LogP contribution in [0.25, 0.3) is 11.3 Å². The van der Waals surface area contributed by atoms with E-state index in [2.05, 4.69) is 20.2 Å². The third-order valence-electron chi connectivity index (χ3n) is 5.40. The van der Waals surface area contributed by atoms with Crippen molar-refractivity contribution >= 4 is 23.2 Å². The van der Waals surface area contributed by atoms with Gasteiger partial charge in [0.2, 0.25) is 0 Å². The summed E-state index contributed by atoms with van der Waals surface area (Å²) in [6.45, 7) is 3.26. The Balaban J connectivity index is 1.54. The molecule has 0 aromatic carbocycles. The summed E-state index contributed by atoms with van der Waals surface area (Å²) in [5.74, 6) is 0.204. The fourth-order valence-corrected chi connectivity index (χ4v) is 3.90. The number of anilines is 3. The molecule has 29 heavy (non-hydrogen) atoms. The van der Waals surface area contributed by atoms with E-state index in [1.165, 1.54) is 6.07 Å². The first kappa shape index (κ1) is 17.5. The maximum atomic E-state index is 14.0. The summed E-state index contributed by atoms with van der Waals surface area (Å²) in [7, 11) is 0. The van der Waals surface area contributed by atoms with Gasteiger partial charge < -0.3 is 10.2 Å². The van der Waals surface area contributed by atoms with Gasteiger partial charge in [-0.25, -0.2) is 14.2 Å². The number of nitrogens with zero attached hydrogens (tertiary/aromatic N) is 5.